The Morgan fingerprint density at radius 2 is 2.16 bits per heavy atom. The van der Waals surface area contributed by atoms with Crippen molar-refractivity contribution in [1.29, 1.82) is 0 Å². The largest absolute Gasteiger partial charge is 0.308 e. The number of nitrogens with two attached hydrogens (primary N) is 1. The lowest BCUT2D eigenvalue weighted by atomic mass is 10.2. The van der Waals surface area contributed by atoms with Crippen LogP contribution in [0.4, 0.5) is 10.2 Å². The fraction of sp³-hybridized carbons (Fsp3) is 0.0833. The van der Waals surface area contributed by atoms with Crippen LogP contribution in [0.25, 0.3) is 16.7 Å². The second-order valence-corrected chi connectivity index (χ2v) is 4.09. The summed E-state index contributed by atoms with van der Waals surface area (Å²) >= 11 is 0. The number of hydrogen-bond donors (Lipinski definition) is 2. The van der Waals surface area contributed by atoms with Gasteiger partial charge in [-0.1, -0.05) is 0 Å². The van der Waals surface area contributed by atoms with E-state index in [-0.39, 0.29) is 5.82 Å². The van der Waals surface area contributed by atoms with Gasteiger partial charge in [0.05, 0.1) is 17.3 Å². The SMILES string of the molecule is Cc1cc(F)ccc1-n1ncc2c(NN)ncnc21. The number of hydrogen-bond acceptors (Lipinski definition) is 5. The average Bonchev–Trinajstić information content (AvgIpc) is 2.82. The Bertz CT molecular complexity index is 751. The zero-order valence-electron chi connectivity index (χ0n) is 10.1. The molecule has 0 fully saturated rings. The van der Waals surface area contributed by atoms with E-state index in [9.17, 15) is 4.39 Å². The van der Waals surface area contributed by atoms with Gasteiger partial charge in [0.2, 0.25) is 0 Å². The van der Waals surface area contributed by atoms with E-state index in [4.69, 9.17) is 5.84 Å². The van der Waals surface area contributed by atoms with Crippen LogP contribution in [0, 0.1) is 12.7 Å². The van der Waals surface area contributed by atoms with Gasteiger partial charge in [0.25, 0.3) is 0 Å². The van der Waals surface area contributed by atoms with E-state index in [2.05, 4.69) is 20.5 Å². The van der Waals surface area contributed by atoms with E-state index >= 15 is 0 Å². The van der Waals surface area contributed by atoms with Gasteiger partial charge in [0, 0.05) is 0 Å². The number of benzene rings is 1. The molecule has 0 bridgehead atoms. The van der Waals surface area contributed by atoms with Gasteiger partial charge < -0.3 is 5.43 Å². The number of anilines is 1. The fourth-order valence-corrected chi connectivity index (χ4v) is 1.99. The fourth-order valence-electron chi connectivity index (χ4n) is 1.99. The minimum Gasteiger partial charge on any atom is -0.308 e. The molecule has 2 aromatic heterocycles. The summed E-state index contributed by atoms with van der Waals surface area (Å²) < 4.78 is 14.8. The van der Waals surface area contributed by atoms with Crippen molar-refractivity contribution in [3.05, 3.63) is 42.1 Å². The Hall–Kier alpha value is -2.54. The molecule has 7 heteroatoms. The van der Waals surface area contributed by atoms with E-state index in [0.717, 1.165) is 11.3 Å². The first-order valence-electron chi connectivity index (χ1n) is 5.62. The van der Waals surface area contributed by atoms with Crippen molar-refractivity contribution >= 4 is 16.9 Å². The molecular weight excluding hydrogens is 247 g/mol. The van der Waals surface area contributed by atoms with Crippen LogP contribution in [0.3, 0.4) is 0 Å². The summed E-state index contributed by atoms with van der Waals surface area (Å²) in [6.07, 6.45) is 3.02. The number of rotatable bonds is 2. The van der Waals surface area contributed by atoms with Gasteiger partial charge in [-0.3, -0.25) is 0 Å². The van der Waals surface area contributed by atoms with Crippen molar-refractivity contribution in [1.82, 2.24) is 19.7 Å². The second kappa shape index (κ2) is 4.29. The molecule has 0 saturated heterocycles. The number of fused-ring (bicyclic) bond motifs is 1. The average molecular weight is 258 g/mol. The van der Waals surface area contributed by atoms with E-state index < -0.39 is 0 Å². The van der Waals surface area contributed by atoms with Crippen molar-refractivity contribution in [3.63, 3.8) is 0 Å². The standard InChI is InChI=1S/C12H11FN6/c1-7-4-8(13)2-3-10(7)19-12-9(5-17-19)11(18-14)15-6-16-12/h2-6H,14H2,1H3,(H,15,16,18). The molecule has 0 saturated carbocycles. The molecule has 0 unspecified atom stereocenters. The number of aromatic nitrogens is 4. The van der Waals surface area contributed by atoms with Crippen LogP contribution in [-0.4, -0.2) is 19.7 Å². The highest BCUT2D eigenvalue weighted by molar-refractivity contribution is 5.86. The molecular formula is C12H11FN6. The van der Waals surface area contributed by atoms with E-state index in [1.807, 2.05) is 6.92 Å². The molecule has 3 aromatic rings. The van der Waals surface area contributed by atoms with Crippen LogP contribution in [0.1, 0.15) is 5.56 Å². The number of aryl methyl sites for hydroxylation is 1. The van der Waals surface area contributed by atoms with Crippen LogP contribution < -0.4 is 11.3 Å². The zero-order valence-corrected chi connectivity index (χ0v) is 10.1. The third-order valence-corrected chi connectivity index (χ3v) is 2.89. The highest BCUT2D eigenvalue weighted by Gasteiger charge is 2.12. The molecule has 6 nitrogen and oxygen atoms in total. The smallest absolute Gasteiger partial charge is 0.168 e. The normalized spacial score (nSPS) is 10.9. The quantitative estimate of drug-likeness (QED) is 0.538. The van der Waals surface area contributed by atoms with Gasteiger partial charge in [-0.15, -0.1) is 0 Å². The van der Waals surface area contributed by atoms with Gasteiger partial charge >= 0.3 is 0 Å². The summed E-state index contributed by atoms with van der Waals surface area (Å²) in [6.45, 7) is 1.81. The molecule has 1 aromatic carbocycles. The first-order chi connectivity index (χ1) is 9.20. The van der Waals surface area contributed by atoms with E-state index in [1.54, 1.807) is 16.9 Å². The molecule has 0 spiro atoms. The molecule has 0 amide bonds. The molecule has 19 heavy (non-hydrogen) atoms. The molecule has 0 radical (unpaired) electrons. The maximum absolute atomic E-state index is 13.1. The Kier molecular flexibility index (Phi) is 2.60. The lowest BCUT2D eigenvalue weighted by molar-refractivity contribution is 0.625. The van der Waals surface area contributed by atoms with Crippen LogP contribution >= 0.6 is 0 Å². The van der Waals surface area contributed by atoms with Crippen molar-refractivity contribution in [2.24, 2.45) is 5.84 Å². The van der Waals surface area contributed by atoms with Gasteiger partial charge in [-0.25, -0.2) is 24.9 Å². The molecule has 0 atom stereocenters. The summed E-state index contributed by atoms with van der Waals surface area (Å²) in [5, 5.41) is 4.96. The third kappa shape index (κ3) is 1.80. The highest BCUT2D eigenvalue weighted by atomic mass is 19.1. The molecule has 0 aliphatic rings. The Balaban J connectivity index is 2.26. The monoisotopic (exact) mass is 258 g/mol. The number of nitrogens with one attached hydrogen (secondary N) is 1. The maximum atomic E-state index is 13.1. The van der Waals surface area contributed by atoms with Gasteiger partial charge in [0.15, 0.2) is 11.5 Å². The maximum Gasteiger partial charge on any atom is 0.168 e. The van der Waals surface area contributed by atoms with Crippen molar-refractivity contribution in [2.45, 2.75) is 6.92 Å². The van der Waals surface area contributed by atoms with Gasteiger partial charge in [0.1, 0.15) is 12.1 Å². The lowest BCUT2D eigenvalue weighted by Gasteiger charge is -2.07. The van der Waals surface area contributed by atoms with Crippen LogP contribution in [0.15, 0.2) is 30.7 Å². The topological polar surface area (TPSA) is 81.7 Å². The molecule has 0 aliphatic carbocycles. The van der Waals surface area contributed by atoms with Gasteiger partial charge in [-0.2, -0.15) is 5.10 Å². The zero-order chi connectivity index (χ0) is 13.4. The summed E-state index contributed by atoms with van der Waals surface area (Å²) in [7, 11) is 0. The van der Waals surface area contributed by atoms with Gasteiger partial charge in [-0.05, 0) is 30.7 Å². The van der Waals surface area contributed by atoms with Crippen molar-refractivity contribution in [3.8, 4) is 5.69 Å². The molecule has 3 rings (SSSR count). The summed E-state index contributed by atoms with van der Waals surface area (Å²) in [5.74, 6) is 5.60. The molecule has 3 N–H and O–H groups in total. The minimum absolute atomic E-state index is 0.281. The second-order valence-electron chi connectivity index (χ2n) is 4.09. The predicted octanol–water partition coefficient (Wildman–Crippen LogP) is 1.55. The molecule has 0 aliphatic heterocycles. The number of hydrazine groups is 1. The summed E-state index contributed by atoms with van der Waals surface area (Å²) in [5.41, 5.74) is 4.63. The number of nitrogen functional groups attached to an aromatic ring is 1. The number of halogens is 1. The Morgan fingerprint density at radius 1 is 1.32 bits per heavy atom. The predicted molar refractivity (Wildman–Crippen MR) is 69.2 cm³/mol. The van der Waals surface area contributed by atoms with E-state index in [0.29, 0.717) is 16.9 Å². The first kappa shape index (κ1) is 11.5. The summed E-state index contributed by atoms with van der Waals surface area (Å²) in [6, 6.07) is 4.50. The third-order valence-electron chi connectivity index (χ3n) is 2.89. The minimum atomic E-state index is -0.281. The number of nitrogens with zero attached hydrogens (tertiary/aromatic N) is 4. The highest BCUT2D eigenvalue weighted by Crippen LogP contribution is 2.22. The van der Waals surface area contributed by atoms with Crippen LogP contribution in [0.2, 0.25) is 0 Å². The summed E-state index contributed by atoms with van der Waals surface area (Å²) in [4.78, 5) is 8.20. The Morgan fingerprint density at radius 3 is 2.89 bits per heavy atom. The Labute approximate surface area is 108 Å². The van der Waals surface area contributed by atoms with Crippen LogP contribution in [0.5, 0.6) is 0 Å². The van der Waals surface area contributed by atoms with Crippen molar-refractivity contribution < 1.29 is 4.39 Å². The van der Waals surface area contributed by atoms with E-state index in [1.165, 1.54) is 18.5 Å². The molecule has 2 heterocycles. The lowest BCUT2D eigenvalue weighted by Crippen LogP contribution is -2.09. The van der Waals surface area contributed by atoms with Crippen molar-refractivity contribution in [2.75, 3.05) is 5.43 Å². The molecule has 96 valence electrons. The van der Waals surface area contributed by atoms with Crippen LogP contribution in [-0.2, 0) is 0 Å². The first-order valence-corrected chi connectivity index (χ1v) is 5.62.